The Kier molecular flexibility index (Phi) is 14.7. The van der Waals surface area contributed by atoms with Crippen LogP contribution in [0.5, 0.6) is 23.0 Å². The molecule has 2 bridgehead atoms. The molecule has 8 nitrogen and oxygen atoms in total. The Bertz CT molecular complexity index is 1670. The number of allylic oxidation sites excluding steroid dienone is 2. The van der Waals surface area contributed by atoms with E-state index in [-0.39, 0.29) is 23.8 Å². The predicted octanol–water partition coefficient (Wildman–Crippen LogP) is 10.1. The van der Waals surface area contributed by atoms with Crippen LogP contribution in [0.4, 0.5) is 0 Å². The Morgan fingerprint density at radius 3 is 1.07 bits per heavy atom. The van der Waals surface area contributed by atoms with Gasteiger partial charge in [-0.05, 0) is 140 Å². The van der Waals surface area contributed by atoms with Gasteiger partial charge < -0.3 is 28.4 Å². The molecule has 8 heteroatoms. The molecule has 1 saturated carbocycles. The number of ether oxygens (including phenoxy) is 6. The second-order valence-electron chi connectivity index (χ2n) is 14.4. The summed E-state index contributed by atoms with van der Waals surface area (Å²) in [7, 11) is 3.33. The molecule has 0 aromatic heterocycles. The number of unbranched alkanes of at least 4 members (excludes halogenated alkanes) is 6. The van der Waals surface area contributed by atoms with Crippen molar-refractivity contribution in [2.75, 3.05) is 40.6 Å². The standard InChI is InChI=1S/C47H54O8/c1-50-40-21-13-34(14-22-40)36-17-25-42(26-18-36)52-29-7-3-5-9-31-54-46(48)44-38-11-12-39(33-38)45(44)47(49)55-32-10-6-4-8-30-53-43-27-19-37(20-28-43)35-15-23-41(51-2)24-16-35/h11-28,38-39,44-45H,3-10,29-33H2,1-2H3/t38-,39+,44-,45-/m1/s1. The summed E-state index contributed by atoms with van der Waals surface area (Å²) in [5.41, 5.74) is 4.52. The Hall–Kier alpha value is -5.24. The SMILES string of the molecule is COc1ccc(-c2ccc(OCCCCCCOC(=O)[C@H]3[C@H](C(=O)OCCCCCCOc4ccc(-c5ccc(OC)cc5)cc4)[C@H]4C=C[C@@H]3C4)cc2)cc1. The fourth-order valence-corrected chi connectivity index (χ4v) is 7.55. The van der Waals surface area contributed by atoms with Gasteiger partial charge in [-0.15, -0.1) is 0 Å². The van der Waals surface area contributed by atoms with E-state index < -0.39 is 11.8 Å². The molecule has 0 aliphatic heterocycles. The van der Waals surface area contributed by atoms with Crippen LogP contribution in [0.3, 0.4) is 0 Å². The lowest BCUT2D eigenvalue weighted by Crippen LogP contribution is -2.35. The summed E-state index contributed by atoms with van der Waals surface area (Å²) >= 11 is 0. The number of esters is 2. The van der Waals surface area contributed by atoms with Gasteiger partial charge in [0.2, 0.25) is 0 Å². The summed E-state index contributed by atoms with van der Waals surface area (Å²) in [5.74, 6) is 2.05. The number of benzene rings is 4. The zero-order chi connectivity index (χ0) is 38.2. The molecule has 0 N–H and O–H groups in total. The van der Waals surface area contributed by atoms with Crippen molar-refractivity contribution in [3.05, 3.63) is 109 Å². The van der Waals surface area contributed by atoms with Crippen molar-refractivity contribution in [2.45, 2.75) is 57.8 Å². The third-order valence-corrected chi connectivity index (χ3v) is 10.7. The third kappa shape index (κ3) is 11.2. The second-order valence-corrected chi connectivity index (χ2v) is 14.4. The van der Waals surface area contributed by atoms with Gasteiger partial charge in [-0.2, -0.15) is 0 Å². The van der Waals surface area contributed by atoms with Gasteiger partial charge in [0.25, 0.3) is 0 Å². The topological polar surface area (TPSA) is 89.5 Å². The van der Waals surface area contributed by atoms with E-state index in [9.17, 15) is 9.59 Å². The van der Waals surface area contributed by atoms with Crippen LogP contribution < -0.4 is 18.9 Å². The Morgan fingerprint density at radius 1 is 0.436 bits per heavy atom. The Morgan fingerprint density at radius 2 is 0.745 bits per heavy atom. The van der Waals surface area contributed by atoms with Gasteiger partial charge in [-0.1, -0.05) is 60.7 Å². The van der Waals surface area contributed by atoms with Gasteiger partial charge >= 0.3 is 11.9 Å². The minimum Gasteiger partial charge on any atom is -0.497 e. The van der Waals surface area contributed by atoms with Crippen LogP contribution in [0.25, 0.3) is 22.3 Å². The smallest absolute Gasteiger partial charge is 0.310 e. The van der Waals surface area contributed by atoms with Crippen molar-refractivity contribution in [1.29, 1.82) is 0 Å². The van der Waals surface area contributed by atoms with Crippen molar-refractivity contribution in [1.82, 2.24) is 0 Å². The zero-order valence-electron chi connectivity index (χ0n) is 32.2. The van der Waals surface area contributed by atoms with Crippen LogP contribution in [0.2, 0.25) is 0 Å². The molecule has 290 valence electrons. The molecule has 55 heavy (non-hydrogen) atoms. The summed E-state index contributed by atoms with van der Waals surface area (Å²) in [4.78, 5) is 26.3. The van der Waals surface area contributed by atoms with E-state index in [1.54, 1.807) is 14.2 Å². The maximum absolute atomic E-state index is 13.2. The largest absolute Gasteiger partial charge is 0.497 e. The fraction of sp³-hybridized carbons (Fsp3) is 0.404. The quantitative estimate of drug-likeness (QED) is 0.0446. The van der Waals surface area contributed by atoms with Gasteiger partial charge in [0.1, 0.15) is 23.0 Å². The molecule has 4 atom stereocenters. The van der Waals surface area contributed by atoms with Gasteiger partial charge in [-0.25, -0.2) is 0 Å². The molecule has 4 aromatic rings. The molecule has 0 heterocycles. The molecule has 1 fully saturated rings. The van der Waals surface area contributed by atoms with E-state index in [1.165, 1.54) is 0 Å². The van der Waals surface area contributed by atoms with E-state index in [2.05, 4.69) is 36.4 Å². The summed E-state index contributed by atoms with van der Waals surface area (Å²) < 4.78 is 33.8. The first kappa shape index (κ1) is 39.5. The van der Waals surface area contributed by atoms with Gasteiger partial charge in [0, 0.05) is 0 Å². The number of carbonyl (C=O) groups is 2. The fourth-order valence-electron chi connectivity index (χ4n) is 7.55. The third-order valence-electron chi connectivity index (χ3n) is 10.7. The van der Waals surface area contributed by atoms with Crippen molar-refractivity contribution in [2.24, 2.45) is 23.7 Å². The van der Waals surface area contributed by atoms with Crippen molar-refractivity contribution in [3.8, 4) is 45.3 Å². The first-order valence-corrected chi connectivity index (χ1v) is 19.8. The van der Waals surface area contributed by atoms with Crippen LogP contribution in [-0.4, -0.2) is 52.6 Å². The predicted molar refractivity (Wildman–Crippen MR) is 214 cm³/mol. The molecule has 2 aliphatic rings. The minimum absolute atomic E-state index is 0.0520. The monoisotopic (exact) mass is 746 g/mol. The van der Waals surface area contributed by atoms with E-state index in [0.29, 0.717) is 26.4 Å². The van der Waals surface area contributed by atoms with Crippen LogP contribution >= 0.6 is 0 Å². The van der Waals surface area contributed by atoms with Gasteiger partial charge in [0.15, 0.2) is 0 Å². The highest BCUT2D eigenvalue weighted by Crippen LogP contribution is 2.49. The molecular formula is C47H54O8. The number of hydrogen-bond acceptors (Lipinski definition) is 8. The van der Waals surface area contributed by atoms with Crippen LogP contribution in [-0.2, 0) is 19.1 Å². The van der Waals surface area contributed by atoms with Crippen LogP contribution in [0.1, 0.15) is 57.8 Å². The molecule has 0 unspecified atom stereocenters. The number of fused-ring (bicyclic) bond motifs is 2. The minimum atomic E-state index is -0.450. The molecular weight excluding hydrogens is 693 g/mol. The maximum atomic E-state index is 13.2. The number of carbonyl (C=O) groups excluding carboxylic acids is 2. The summed E-state index contributed by atoms with van der Waals surface area (Å²) in [6.45, 7) is 2.01. The highest BCUT2D eigenvalue weighted by atomic mass is 16.5. The maximum Gasteiger partial charge on any atom is 0.310 e. The van der Waals surface area contributed by atoms with Gasteiger partial charge in [0.05, 0.1) is 52.5 Å². The zero-order valence-corrected chi connectivity index (χ0v) is 32.2. The van der Waals surface area contributed by atoms with E-state index >= 15 is 0 Å². The van der Waals surface area contributed by atoms with E-state index in [1.807, 2.05) is 72.8 Å². The van der Waals surface area contributed by atoms with Crippen molar-refractivity contribution >= 4 is 11.9 Å². The average molecular weight is 747 g/mol. The number of methoxy groups -OCH3 is 2. The summed E-state index contributed by atoms with van der Waals surface area (Å²) in [6, 6.07) is 32.3. The molecule has 0 saturated heterocycles. The van der Waals surface area contributed by atoms with Crippen molar-refractivity contribution < 1.29 is 38.0 Å². The molecule has 0 radical (unpaired) electrons. The highest BCUT2D eigenvalue weighted by molar-refractivity contribution is 5.84. The lowest BCUT2D eigenvalue weighted by molar-refractivity contribution is -0.161. The number of rotatable bonds is 22. The Balaban J connectivity index is 0.798. The lowest BCUT2D eigenvalue weighted by atomic mass is 9.83. The summed E-state index contributed by atoms with van der Waals surface area (Å²) in [6.07, 6.45) is 12.2. The van der Waals surface area contributed by atoms with Crippen LogP contribution in [0.15, 0.2) is 109 Å². The molecule has 0 amide bonds. The number of hydrogen-bond donors (Lipinski definition) is 0. The van der Waals surface area contributed by atoms with Crippen LogP contribution in [0, 0.1) is 23.7 Å². The normalized spacial score (nSPS) is 18.1. The van der Waals surface area contributed by atoms with E-state index in [4.69, 9.17) is 28.4 Å². The average Bonchev–Trinajstić information content (AvgIpc) is 3.86. The molecule has 0 spiro atoms. The highest BCUT2D eigenvalue weighted by Gasteiger charge is 2.53. The first-order valence-electron chi connectivity index (χ1n) is 19.8. The first-order chi connectivity index (χ1) is 27.0. The second kappa shape index (κ2) is 20.4. The summed E-state index contributed by atoms with van der Waals surface area (Å²) in [5, 5.41) is 0. The van der Waals surface area contributed by atoms with Crippen molar-refractivity contribution in [3.63, 3.8) is 0 Å². The Labute approximate surface area is 325 Å². The molecule has 6 rings (SSSR count). The molecule has 4 aromatic carbocycles. The van der Waals surface area contributed by atoms with E-state index in [0.717, 1.165) is 103 Å². The molecule has 2 aliphatic carbocycles. The van der Waals surface area contributed by atoms with Gasteiger partial charge in [-0.3, -0.25) is 9.59 Å². The lowest BCUT2D eigenvalue weighted by Gasteiger charge is -2.25.